The van der Waals surface area contributed by atoms with Crippen LogP contribution in [0, 0.1) is 0 Å². The maximum Gasteiger partial charge on any atom is 0.305 e. The fraction of sp³-hybridized carbons (Fsp3) is 0.846. The van der Waals surface area contributed by atoms with Crippen LogP contribution < -0.4 is 0 Å². The van der Waals surface area contributed by atoms with Crippen LogP contribution in [0.15, 0.2) is 0 Å². The summed E-state index contributed by atoms with van der Waals surface area (Å²) in [6, 6.07) is 0. The Morgan fingerprint density at radius 3 is 2.79 bits per heavy atom. The average Bonchev–Trinajstić information content (AvgIpc) is 2.89. The summed E-state index contributed by atoms with van der Waals surface area (Å²) in [5.41, 5.74) is 0. The lowest BCUT2D eigenvalue weighted by atomic mass is 10.2. The Labute approximate surface area is 113 Å². The summed E-state index contributed by atoms with van der Waals surface area (Å²) in [5, 5.41) is 8.64. The zero-order valence-corrected chi connectivity index (χ0v) is 11.6. The van der Waals surface area contributed by atoms with Crippen molar-refractivity contribution in [3.05, 3.63) is 0 Å². The van der Waals surface area contributed by atoms with Crippen LogP contribution in [-0.4, -0.2) is 60.4 Å². The summed E-state index contributed by atoms with van der Waals surface area (Å²) < 4.78 is 10.9. The van der Waals surface area contributed by atoms with Gasteiger partial charge < -0.3 is 19.5 Å². The highest BCUT2D eigenvalue weighted by molar-refractivity contribution is 5.81. The van der Waals surface area contributed by atoms with Crippen LogP contribution in [0.3, 0.4) is 0 Å². The SMILES string of the molecule is CCN(CCC(=O)O)C(=O)C(C)OCC1CCCO1. The van der Waals surface area contributed by atoms with E-state index in [0.29, 0.717) is 13.2 Å². The predicted molar refractivity (Wildman–Crippen MR) is 68.9 cm³/mol. The number of carbonyl (C=O) groups excluding carboxylic acids is 1. The minimum Gasteiger partial charge on any atom is -0.481 e. The van der Waals surface area contributed by atoms with Crippen molar-refractivity contribution < 1.29 is 24.2 Å². The molecule has 1 heterocycles. The lowest BCUT2D eigenvalue weighted by Gasteiger charge is -2.24. The van der Waals surface area contributed by atoms with Gasteiger partial charge in [0.15, 0.2) is 0 Å². The lowest BCUT2D eigenvalue weighted by Crippen LogP contribution is -2.41. The Morgan fingerprint density at radius 2 is 2.26 bits per heavy atom. The van der Waals surface area contributed by atoms with Gasteiger partial charge in [0.25, 0.3) is 5.91 Å². The van der Waals surface area contributed by atoms with E-state index in [1.807, 2.05) is 6.92 Å². The number of carbonyl (C=O) groups is 2. The molecule has 6 heteroatoms. The van der Waals surface area contributed by atoms with Crippen LogP contribution in [0.1, 0.15) is 33.1 Å². The fourth-order valence-corrected chi connectivity index (χ4v) is 2.01. The van der Waals surface area contributed by atoms with Crippen molar-refractivity contribution in [3.8, 4) is 0 Å². The van der Waals surface area contributed by atoms with Crippen molar-refractivity contribution in [2.45, 2.75) is 45.3 Å². The molecule has 19 heavy (non-hydrogen) atoms. The summed E-state index contributed by atoms with van der Waals surface area (Å²) in [5.74, 6) is -1.07. The van der Waals surface area contributed by atoms with Crippen LogP contribution in [0.2, 0.25) is 0 Å². The van der Waals surface area contributed by atoms with E-state index in [1.165, 1.54) is 4.90 Å². The van der Waals surface area contributed by atoms with Gasteiger partial charge in [0.05, 0.1) is 19.1 Å². The van der Waals surface area contributed by atoms with Crippen molar-refractivity contribution in [1.29, 1.82) is 0 Å². The minimum atomic E-state index is -0.904. The molecule has 6 nitrogen and oxygen atoms in total. The van der Waals surface area contributed by atoms with Gasteiger partial charge in [0.2, 0.25) is 0 Å². The molecule has 0 spiro atoms. The van der Waals surface area contributed by atoms with Crippen molar-refractivity contribution in [2.24, 2.45) is 0 Å². The normalized spacial score (nSPS) is 20.2. The number of amides is 1. The molecular weight excluding hydrogens is 250 g/mol. The molecule has 1 aliphatic heterocycles. The first-order valence-corrected chi connectivity index (χ1v) is 6.78. The summed E-state index contributed by atoms with van der Waals surface area (Å²) in [4.78, 5) is 24.1. The van der Waals surface area contributed by atoms with Crippen molar-refractivity contribution in [1.82, 2.24) is 4.90 Å². The Balaban J connectivity index is 2.33. The van der Waals surface area contributed by atoms with E-state index in [4.69, 9.17) is 14.6 Å². The lowest BCUT2D eigenvalue weighted by molar-refractivity contribution is -0.145. The third kappa shape index (κ3) is 5.57. The van der Waals surface area contributed by atoms with Gasteiger partial charge in [-0.25, -0.2) is 0 Å². The smallest absolute Gasteiger partial charge is 0.305 e. The van der Waals surface area contributed by atoms with E-state index in [2.05, 4.69) is 0 Å². The monoisotopic (exact) mass is 273 g/mol. The zero-order chi connectivity index (χ0) is 14.3. The molecule has 1 fully saturated rings. The van der Waals surface area contributed by atoms with E-state index < -0.39 is 12.1 Å². The molecule has 2 unspecified atom stereocenters. The summed E-state index contributed by atoms with van der Waals surface area (Å²) >= 11 is 0. The largest absolute Gasteiger partial charge is 0.481 e. The molecule has 0 aromatic carbocycles. The first-order valence-electron chi connectivity index (χ1n) is 6.78. The molecular formula is C13H23NO5. The number of aliphatic carboxylic acids is 1. The van der Waals surface area contributed by atoms with Crippen LogP contribution in [0.25, 0.3) is 0 Å². The van der Waals surface area contributed by atoms with E-state index in [1.54, 1.807) is 6.92 Å². The molecule has 0 aromatic rings. The zero-order valence-electron chi connectivity index (χ0n) is 11.6. The third-order valence-corrected chi connectivity index (χ3v) is 3.19. The Hall–Kier alpha value is -1.14. The van der Waals surface area contributed by atoms with Gasteiger partial charge in [-0.2, -0.15) is 0 Å². The highest BCUT2D eigenvalue weighted by Gasteiger charge is 2.23. The van der Waals surface area contributed by atoms with Crippen LogP contribution in [0.5, 0.6) is 0 Å². The Bertz CT molecular complexity index is 301. The van der Waals surface area contributed by atoms with E-state index in [-0.39, 0.29) is 25.0 Å². The average molecular weight is 273 g/mol. The van der Waals surface area contributed by atoms with Crippen molar-refractivity contribution >= 4 is 11.9 Å². The number of rotatable bonds is 8. The molecule has 2 atom stereocenters. The summed E-state index contributed by atoms with van der Waals surface area (Å²) in [6.45, 7) is 5.41. The number of hydrogen-bond acceptors (Lipinski definition) is 4. The highest BCUT2D eigenvalue weighted by atomic mass is 16.5. The van der Waals surface area contributed by atoms with Crippen molar-refractivity contribution in [2.75, 3.05) is 26.3 Å². The molecule has 0 aliphatic carbocycles. The van der Waals surface area contributed by atoms with Gasteiger partial charge in [0.1, 0.15) is 6.10 Å². The first kappa shape index (κ1) is 15.9. The molecule has 1 N–H and O–H groups in total. The van der Waals surface area contributed by atoms with Crippen molar-refractivity contribution in [3.63, 3.8) is 0 Å². The molecule has 0 saturated carbocycles. The Kier molecular flexibility index (Phi) is 6.80. The minimum absolute atomic E-state index is 0.0436. The molecule has 0 aromatic heterocycles. The summed E-state index contributed by atoms with van der Waals surface area (Å²) in [7, 11) is 0. The number of likely N-dealkylation sites (N-methyl/N-ethyl adjacent to an activating group) is 1. The molecule has 0 radical (unpaired) electrons. The molecule has 1 aliphatic rings. The van der Waals surface area contributed by atoms with Gasteiger partial charge in [-0.1, -0.05) is 0 Å². The number of nitrogens with zero attached hydrogens (tertiary/aromatic N) is 1. The number of carboxylic acid groups (broad SMARTS) is 1. The molecule has 1 saturated heterocycles. The topological polar surface area (TPSA) is 76.1 Å². The molecule has 1 rings (SSSR count). The van der Waals surface area contributed by atoms with Crippen LogP contribution in [-0.2, 0) is 19.1 Å². The quantitative estimate of drug-likeness (QED) is 0.711. The maximum absolute atomic E-state index is 12.1. The second-order valence-electron chi connectivity index (χ2n) is 4.67. The van der Waals surface area contributed by atoms with Gasteiger partial charge in [-0.05, 0) is 26.7 Å². The third-order valence-electron chi connectivity index (χ3n) is 3.19. The van der Waals surface area contributed by atoms with Gasteiger partial charge in [-0.15, -0.1) is 0 Å². The van der Waals surface area contributed by atoms with Crippen LogP contribution >= 0.6 is 0 Å². The van der Waals surface area contributed by atoms with E-state index in [9.17, 15) is 9.59 Å². The maximum atomic E-state index is 12.1. The molecule has 1 amide bonds. The second-order valence-corrected chi connectivity index (χ2v) is 4.67. The predicted octanol–water partition coefficient (Wildman–Crippen LogP) is 0.894. The van der Waals surface area contributed by atoms with Gasteiger partial charge in [-0.3, -0.25) is 9.59 Å². The van der Waals surface area contributed by atoms with E-state index >= 15 is 0 Å². The van der Waals surface area contributed by atoms with Gasteiger partial charge >= 0.3 is 5.97 Å². The molecule has 0 bridgehead atoms. The first-order chi connectivity index (χ1) is 9.04. The van der Waals surface area contributed by atoms with E-state index in [0.717, 1.165) is 19.4 Å². The van der Waals surface area contributed by atoms with Gasteiger partial charge in [0, 0.05) is 19.7 Å². The number of ether oxygens (including phenoxy) is 2. The summed E-state index contributed by atoms with van der Waals surface area (Å²) in [6.07, 6.45) is 1.49. The Morgan fingerprint density at radius 1 is 1.53 bits per heavy atom. The highest BCUT2D eigenvalue weighted by Crippen LogP contribution is 2.13. The fourth-order valence-electron chi connectivity index (χ4n) is 2.01. The standard InChI is InChI=1S/C13H23NO5/c1-3-14(7-6-12(15)16)13(17)10(2)19-9-11-5-4-8-18-11/h10-11H,3-9H2,1-2H3,(H,15,16). The van der Waals surface area contributed by atoms with Crippen LogP contribution in [0.4, 0.5) is 0 Å². The number of hydrogen-bond donors (Lipinski definition) is 1. The molecule has 110 valence electrons. The number of carboxylic acids is 1. The second kappa shape index (κ2) is 8.12.